The van der Waals surface area contributed by atoms with Gasteiger partial charge < -0.3 is 10.4 Å². The number of halogens is 1. The summed E-state index contributed by atoms with van der Waals surface area (Å²) in [6, 6.07) is 7.98. The average Bonchev–Trinajstić information content (AvgIpc) is 2.30. The van der Waals surface area contributed by atoms with Crippen molar-refractivity contribution in [2.75, 3.05) is 25.4 Å². The highest BCUT2D eigenvalue weighted by atomic mass is 35.5. The van der Waals surface area contributed by atoms with Gasteiger partial charge in [-0.3, -0.25) is 0 Å². The normalized spacial score (nSPS) is 10.6. The number of hydrogen-bond acceptors (Lipinski definition) is 2. The minimum absolute atomic E-state index is 0.277. The molecule has 0 aliphatic rings. The van der Waals surface area contributed by atoms with Crippen molar-refractivity contribution in [3.63, 3.8) is 0 Å². The highest BCUT2D eigenvalue weighted by Gasteiger charge is 1.95. The SMILES string of the molecule is OCC[NH2+]CCCCSc1ccc(Cl)cc1. The molecule has 0 saturated heterocycles. The Morgan fingerprint density at radius 3 is 2.56 bits per heavy atom. The molecule has 1 aromatic rings. The van der Waals surface area contributed by atoms with Crippen LogP contribution >= 0.6 is 23.4 Å². The molecule has 2 nitrogen and oxygen atoms in total. The molecule has 90 valence electrons. The summed E-state index contributed by atoms with van der Waals surface area (Å²) < 4.78 is 0. The van der Waals surface area contributed by atoms with Crippen LogP contribution in [-0.4, -0.2) is 30.6 Å². The smallest absolute Gasteiger partial charge is 0.0990 e. The summed E-state index contributed by atoms with van der Waals surface area (Å²) >= 11 is 7.68. The fraction of sp³-hybridized carbons (Fsp3) is 0.500. The van der Waals surface area contributed by atoms with E-state index in [0.717, 1.165) is 23.9 Å². The molecule has 0 aromatic heterocycles. The molecule has 0 atom stereocenters. The number of unbranched alkanes of at least 4 members (excludes halogenated alkanes) is 1. The highest BCUT2D eigenvalue weighted by molar-refractivity contribution is 7.99. The van der Waals surface area contributed by atoms with E-state index in [2.05, 4.69) is 17.4 Å². The number of nitrogens with two attached hydrogens (primary N) is 1. The van der Waals surface area contributed by atoms with Crippen LogP contribution in [0.3, 0.4) is 0 Å². The number of aliphatic hydroxyl groups excluding tert-OH is 1. The van der Waals surface area contributed by atoms with Gasteiger partial charge in [-0.25, -0.2) is 0 Å². The third-order valence-electron chi connectivity index (χ3n) is 2.22. The highest BCUT2D eigenvalue weighted by Crippen LogP contribution is 2.21. The number of aliphatic hydroxyl groups is 1. The number of hydrogen-bond donors (Lipinski definition) is 2. The molecular weight excluding hydrogens is 242 g/mol. The molecule has 0 heterocycles. The van der Waals surface area contributed by atoms with Gasteiger partial charge in [-0.15, -0.1) is 11.8 Å². The number of thioether (sulfide) groups is 1. The van der Waals surface area contributed by atoms with E-state index in [1.165, 1.54) is 17.7 Å². The number of quaternary nitrogens is 1. The monoisotopic (exact) mass is 260 g/mol. The first-order valence-corrected chi connectivity index (χ1v) is 7.00. The summed E-state index contributed by atoms with van der Waals surface area (Å²) in [6.45, 7) is 2.21. The molecule has 0 spiro atoms. The second-order valence-corrected chi connectivity index (χ2v) is 5.20. The molecule has 1 aromatic carbocycles. The molecule has 0 saturated carbocycles. The van der Waals surface area contributed by atoms with Crippen LogP contribution in [0.1, 0.15) is 12.8 Å². The van der Waals surface area contributed by atoms with Crippen LogP contribution in [0, 0.1) is 0 Å². The van der Waals surface area contributed by atoms with Crippen molar-refractivity contribution in [2.24, 2.45) is 0 Å². The molecule has 0 bridgehead atoms. The van der Waals surface area contributed by atoms with E-state index < -0.39 is 0 Å². The zero-order valence-electron chi connectivity index (χ0n) is 9.36. The summed E-state index contributed by atoms with van der Waals surface area (Å²) in [5.41, 5.74) is 0. The van der Waals surface area contributed by atoms with Crippen molar-refractivity contribution >= 4 is 23.4 Å². The second kappa shape index (κ2) is 8.88. The third-order valence-corrected chi connectivity index (χ3v) is 3.57. The minimum atomic E-state index is 0.277. The zero-order valence-corrected chi connectivity index (χ0v) is 10.9. The Morgan fingerprint density at radius 1 is 1.12 bits per heavy atom. The molecule has 3 N–H and O–H groups in total. The van der Waals surface area contributed by atoms with E-state index in [9.17, 15) is 0 Å². The maximum absolute atomic E-state index is 8.59. The van der Waals surface area contributed by atoms with Crippen molar-refractivity contribution in [1.82, 2.24) is 0 Å². The van der Waals surface area contributed by atoms with Crippen LogP contribution in [0.25, 0.3) is 0 Å². The van der Waals surface area contributed by atoms with E-state index in [4.69, 9.17) is 16.7 Å². The van der Waals surface area contributed by atoms with Crippen LogP contribution < -0.4 is 5.32 Å². The molecule has 0 unspecified atom stereocenters. The molecule has 0 aliphatic carbocycles. The summed E-state index contributed by atoms with van der Waals surface area (Å²) in [7, 11) is 0. The van der Waals surface area contributed by atoms with Crippen LogP contribution in [0.4, 0.5) is 0 Å². The Kier molecular flexibility index (Phi) is 7.68. The van der Waals surface area contributed by atoms with Gasteiger partial charge in [0.05, 0.1) is 19.7 Å². The van der Waals surface area contributed by atoms with Gasteiger partial charge in [0.1, 0.15) is 0 Å². The molecule has 16 heavy (non-hydrogen) atoms. The lowest BCUT2D eigenvalue weighted by molar-refractivity contribution is -0.656. The Balaban J connectivity index is 2.01. The van der Waals surface area contributed by atoms with Crippen LogP contribution in [0.2, 0.25) is 5.02 Å². The third kappa shape index (κ3) is 6.38. The first kappa shape index (κ1) is 13.8. The van der Waals surface area contributed by atoms with E-state index in [-0.39, 0.29) is 6.61 Å². The van der Waals surface area contributed by atoms with Gasteiger partial charge in [-0.05, 0) is 42.9 Å². The summed E-state index contributed by atoms with van der Waals surface area (Å²) in [6.07, 6.45) is 2.43. The summed E-state index contributed by atoms with van der Waals surface area (Å²) in [4.78, 5) is 1.28. The minimum Gasteiger partial charge on any atom is -0.391 e. The summed E-state index contributed by atoms with van der Waals surface area (Å²) in [5.74, 6) is 1.15. The summed E-state index contributed by atoms with van der Waals surface area (Å²) in [5, 5.41) is 11.5. The van der Waals surface area contributed by atoms with Crippen molar-refractivity contribution in [3.8, 4) is 0 Å². The maximum Gasteiger partial charge on any atom is 0.0990 e. The van der Waals surface area contributed by atoms with E-state index in [0.29, 0.717) is 0 Å². The number of benzene rings is 1. The first-order valence-electron chi connectivity index (χ1n) is 5.64. The van der Waals surface area contributed by atoms with Crippen molar-refractivity contribution in [3.05, 3.63) is 29.3 Å². The van der Waals surface area contributed by atoms with Gasteiger partial charge in [0.25, 0.3) is 0 Å². The van der Waals surface area contributed by atoms with Gasteiger partial charge in [-0.1, -0.05) is 11.6 Å². The van der Waals surface area contributed by atoms with Gasteiger partial charge in [0, 0.05) is 9.92 Å². The Hall–Kier alpha value is -0.220. The molecule has 0 amide bonds. The van der Waals surface area contributed by atoms with Gasteiger partial charge in [-0.2, -0.15) is 0 Å². The lowest BCUT2D eigenvalue weighted by Gasteiger charge is -2.02. The van der Waals surface area contributed by atoms with E-state index in [1.807, 2.05) is 23.9 Å². The fourth-order valence-corrected chi connectivity index (χ4v) is 2.39. The van der Waals surface area contributed by atoms with Crippen LogP contribution in [0.5, 0.6) is 0 Å². The molecule has 4 heteroatoms. The fourth-order valence-electron chi connectivity index (χ4n) is 1.35. The molecule has 0 radical (unpaired) electrons. The van der Waals surface area contributed by atoms with Crippen molar-refractivity contribution in [1.29, 1.82) is 0 Å². The van der Waals surface area contributed by atoms with E-state index >= 15 is 0 Å². The lowest BCUT2D eigenvalue weighted by atomic mass is 10.3. The zero-order chi connectivity index (χ0) is 11.6. The van der Waals surface area contributed by atoms with Gasteiger partial charge in [0.15, 0.2) is 0 Å². The van der Waals surface area contributed by atoms with Crippen molar-refractivity contribution in [2.45, 2.75) is 17.7 Å². The number of rotatable bonds is 8. The maximum atomic E-state index is 8.59. The quantitative estimate of drug-likeness (QED) is 0.552. The second-order valence-electron chi connectivity index (χ2n) is 3.60. The molecular formula is C12H19ClNOS+. The topological polar surface area (TPSA) is 36.8 Å². The predicted molar refractivity (Wildman–Crippen MR) is 70.2 cm³/mol. The van der Waals surface area contributed by atoms with Crippen molar-refractivity contribution < 1.29 is 10.4 Å². The first-order chi connectivity index (χ1) is 7.83. The van der Waals surface area contributed by atoms with E-state index in [1.54, 1.807) is 0 Å². The predicted octanol–water partition coefficient (Wildman–Crippen LogP) is 1.77. The Bertz CT molecular complexity index is 279. The average molecular weight is 261 g/mol. The molecule has 0 aliphatic heterocycles. The van der Waals surface area contributed by atoms with Gasteiger partial charge in [0.2, 0.25) is 0 Å². The van der Waals surface area contributed by atoms with Crippen LogP contribution in [0.15, 0.2) is 29.2 Å². The largest absolute Gasteiger partial charge is 0.391 e. The van der Waals surface area contributed by atoms with Gasteiger partial charge >= 0.3 is 0 Å². The Morgan fingerprint density at radius 2 is 1.88 bits per heavy atom. The van der Waals surface area contributed by atoms with Crippen LogP contribution in [-0.2, 0) is 0 Å². The Labute approximate surface area is 106 Å². The standard InChI is InChI=1S/C12H18ClNOS/c13-11-3-5-12(6-4-11)16-10-2-1-7-14-8-9-15/h3-6,14-15H,1-2,7-10H2/p+1. The molecule has 1 rings (SSSR count). The molecule has 0 fully saturated rings. The lowest BCUT2D eigenvalue weighted by Crippen LogP contribution is -2.85.